The zero-order chi connectivity index (χ0) is 12.4. The zero-order valence-corrected chi connectivity index (χ0v) is 10.00. The number of benzene rings is 1. The second-order valence-electron chi connectivity index (χ2n) is 4.72. The van der Waals surface area contributed by atoms with Crippen molar-refractivity contribution in [3.63, 3.8) is 0 Å². The van der Waals surface area contributed by atoms with Crippen molar-refractivity contribution in [3.8, 4) is 0 Å². The molecule has 0 heterocycles. The molecule has 1 saturated carbocycles. The van der Waals surface area contributed by atoms with Gasteiger partial charge in [-0.25, -0.2) is 8.78 Å². The van der Waals surface area contributed by atoms with E-state index in [0.717, 1.165) is 31.7 Å². The molecule has 17 heavy (non-hydrogen) atoms. The molecule has 0 radical (unpaired) electrons. The van der Waals surface area contributed by atoms with Crippen LogP contribution in [-0.4, -0.2) is 19.1 Å². The lowest BCUT2D eigenvalue weighted by Crippen LogP contribution is -2.48. The molecule has 2 unspecified atom stereocenters. The van der Waals surface area contributed by atoms with Gasteiger partial charge in [-0.05, 0) is 25.0 Å². The van der Waals surface area contributed by atoms with E-state index >= 15 is 0 Å². The maximum Gasteiger partial charge on any atom is 0.160 e. The summed E-state index contributed by atoms with van der Waals surface area (Å²) in [7, 11) is 1.89. The number of anilines is 1. The van der Waals surface area contributed by atoms with Crippen LogP contribution in [0.25, 0.3) is 0 Å². The highest BCUT2D eigenvalue weighted by Gasteiger charge is 2.25. The quantitative estimate of drug-likeness (QED) is 0.861. The summed E-state index contributed by atoms with van der Waals surface area (Å²) in [5, 5.41) is 0. The summed E-state index contributed by atoms with van der Waals surface area (Å²) in [6.07, 6.45) is 4.31. The third kappa shape index (κ3) is 2.57. The fourth-order valence-corrected chi connectivity index (χ4v) is 2.52. The molecule has 2 rings (SSSR count). The van der Waals surface area contributed by atoms with Crippen molar-refractivity contribution in [2.24, 2.45) is 5.73 Å². The van der Waals surface area contributed by atoms with Gasteiger partial charge in [0.05, 0.1) is 0 Å². The Morgan fingerprint density at radius 3 is 2.53 bits per heavy atom. The molecule has 2 nitrogen and oxygen atoms in total. The summed E-state index contributed by atoms with van der Waals surface area (Å²) < 4.78 is 26.0. The maximum atomic E-state index is 13.2. The molecule has 1 fully saturated rings. The number of halogens is 2. The molecule has 1 aliphatic rings. The summed E-state index contributed by atoms with van der Waals surface area (Å²) in [5.41, 5.74) is 6.76. The molecule has 0 spiro atoms. The Labute approximate surface area is 100 Å². The van der Waals surface area contributed by atoms with Gasteiger partial charge in [0, 0.05) is 30.9 Å². The predicted octanol–water partition coefficient (Wildman–Crippen LogP) is 2.67. The fourth-order valence-electron chi connectivity index (χ4n) is 2.52. The Morgan fingerprint density at radius 1 is 1.18 bits per heavy atom. The Balaban J connectivity index is 2.17. The first-order valence-electron chi connectivity index (χ1n) is 6.03. The van der Waals surface area contributed by atoms with E-state index in [-0.39, 0.29) is 12.1 Å². The van der Waals surface area contributed by atoms with Gasteiger partial charge in [0.15, 0.2) is 11.6 Å². The van der Waals surface area contributed by atoms with Crippen LogP contribution >= 0.6 is 0 Å². The lowest BCUT2D eigenvalue weighted by Gasteiger charge is -2.37. The number of hydrogen-bond acceptors (Lipinski definition) is 2. The molecule has 0 aliphatic heterocycles. The van der Waals surface area contributed by atoms with Crippen LogP contribution in [0.2, 0.25) is 0 Å². The molecule has 94 valence electrons. The molecule has 1 aliphatic carbocycles. The van der Waals surface area contributed by atoms with Gasteiger partial charge in [-0.15, -0.1) is 0 Å². The van der Waals surface area contributed by atoms with E-state index in [4.69, 9.17) is 5.73 Å². The van der Waals surface area contributed by atoms with Gasteiger partial charge in [-0.2, -0.15) is 0 Å². The molecular weight excluding hydrogens is 222 g/mol. The van der Waals surface area contributed by atoms with Crippen LogP contribution in [0.15, 0.2) is 18.2 Å². The molecule has 0 amide bonds. The molecule has 2 atom stereocenters. The Morgan fingerprint density at radius 2 is 1.88 bits per heavy atom. The van der Waals surface area contributed by atoms with Crippen LogP contribution in [0.3, 0.4) is 0 Å². The second kappa shape index (κ2) is 5.00. The largest absolute Gasteiger partial charge is 0.370 e. The number of hydrogen-bond donors (Lipinski definition) is 1. The first-order valence-corrected chi connectivity index (χ1v) is 6.03. The fraction of sp³-hybridized carbons (Fsp3) is 0.538. The highest BCUT2D eigenvalue weighted by molar-refractivity contribution is 5.47. The van der Waals surface area contributed by atoms with Crippen LogP contribution in [0.5, 0.6) is 0 Å². The first kappa shape index (κ1) is 12.3. The SMILES string of the molecule is CN(c1ccc(F)c(F)c1)C1CCCCC1N. The summed E-state index contributed by atoms with van der Waals surface area (Å²) in [4.78, 5) is 1.96. The molecule has 0 saturated heterocycles. The van der Waals surface area contributed by atoms with Crippen molar-refractivity contribution in [2.75, 3.05) is 11.9 Å². The Bertz CT molecular complexity index is 395. The maximum absolute atomic E-state index is 13.2. The third-order valence-corrected chi connectivity index (χ3v) is 3.59. The Kier molecular flexibility index (Phi) is 3.62. The van der Waals surface area contributed by atoms with Crippen LogP contribution in [0, 0.1) is 11.6 Å². The van der Waals surface area contributed by atoms with Gasteiger partial charge < -0.3 is 10.6 Å². The van der Waals surface area contributed by atoms with Crippen molar-refractivity contribution >= 4 is 5.69 Å². The van der Waals surface area contributed by atoms with Crippen LogP contribution in [-0.2, 0) is 0 Å². The van der Waals surface area contributed by atoms with Crippen molar-refractivity contribution < 1.29 is 8.78 Å². The van der Waals surface area contributed by atoms with E-state index in [1.54, 1.807) is 6.07 Å². The minimum Gasteiger partial charge on any atom is -0.370 e. The predicted molar refractivity (Wildman–Crippen MR) is 65.0 cm³/mol. The zero-order valence-electron chi connectivity index (χ0n) is 10.00. The number of nitrogens with two attached hydrogens (primary N) is 1. The van der Waals surface area contributed by atoms with Gasteiger partial charge in [0.25, 0.3) is 0 Å². The lowest BCUT2D eigenvalue weighted by molar-refractivity contribution is 0.373. The average Bonchev–Trinajstić information content (AvgIpc) is 2.32. The monoisotopic (exact) mass is 240 g/mol. The minimum atomic E-state index is -0.810. The third-order valence-electron chi connectivity index (χ3n) is 3.59. The Hall–Kier alpha value is -1.16. The van der Waals surface area contributed by atoms with E-state index in [0.29, 0.717) is 5.69 Å². The van der Waals surface area contributed by atoms with E-state index < -0.39 is 11.6 Å². The minimum absolute atomic E-state index is 0.113. The highest BCUT2D eigenvalue weighted by Crippen LogP contribution is 2.26. The van der Waals surface area contributed by atoms with Gasteiger partial charge in [-0.3, -0.25) is 0 Å². The van der Waals surface area contributed by atoms with Gasteiger partial charge in [0.1, 0.15) is 0 Å². The van der Waals surface area contributed by atoms with Crippen molar-refractivity contribution in [2.45, 2.75) is 37.8 Å². The van der Waals surface area contributed by atoms with E-state index in [9.17, 15) is 8.78 Å². The molecule has 0 bridgehead atoms. The van der Waals surface area contributed by atoms with E-state index in [2.05, 4.69) is 0 Å². The summed E-state index contributed by atoms with van der Waals surface area (Å²) in [5.74, 6) is -1.62. The smallest absolute Gasteiger partial charge is 0.160 e. The van der Waals surface area contributed by atoms with Crippen molar-refractivity contribution in [1.29, 1.82) is 0 Å². The van der Waals surface area contributed by atoms with Crippen LogP contribution in [0.4, 0.5) is 14.5 Å². The van der Waals surface area contributed by atoms with Crippen molar-refractivity contribution in [1.82, 2.24) is 0 Å². The van der Waals surface area contributed by atoms with E-state index in [1.165, 1.54) is 6.07 Å². The second-order valence-corrected chi connectivity index (χ2v) is 4.72. The van der Waals surface area contributed by atoms with Gasteiger partial charge in [-0.1, -0.05) is 12.8 Å². The standard InChI is InChI=1S/C13H18F2N2/c1-17(13-5-3-2-4-12(13)16)9-6-7-10(14)11(15)8-9/h6-8,12-13H,2-5,16H2,1H3. The lowest BCUT2D eigenvalue weighted by atomic mass is 9.90. The van der Waals surface area contributed by atoms with Crippen LogP contribution < -0.4 is 10.6 Å². The van der Waals surface area contributed by atoms with Crippen LogP contribution in [0.1, 0.15) is 25.7 Å². The van der Waals surface area contributed by atoms with Gasteiger partial charge >= 0.3 is 0 Å². The number of nitrogens with zero attached hydrogens (tertiary/aromatic N) is 1. The molecule has 1 aromatic rings. The number of likely N-dealkylation sites (N-methyl/N-ethyl adjacent to an activating group) is 1. The normalized spacial score (nSPS) is 24.7. The highest BCUT2D eigenvalue weighted by atomic mass is 19.2. The molecule has 4 heteroatoms. The molecule has 1 aromatic carbocycles. The topological polar surface area (TPSA) is 29.3 Å². The van der Waals surface area contributed by atoms with Gasteiger partial charge in [0.2, 0.25) is 0 Å². The first-order chi connectivity index (χ1) is 8.09. The van der Waals surface area contributed by atoms with E-state index in [1.807, 2.05) is 11.9 Å². The summed E-state index contributed by atoms with van der Waals surface area (Å²) in [6, 6.07) is 4.32. The van der Waals surface area contributed by atoms with Crippen molar-refractivity contribution in [3.05, 3.63) is 29.8 Å². The number of rotatable bonds is 2. The molecule has 2 N–H and O–H groups in total. The molecular formula is C13H18F2N2. The molecule has 0 aromatic heterocycles. The summed E-state index contributed by atoms with van der Waals surface area (Å²) >= 11 is 0. The average molecular weight is 240 g/mol. The summed E-state index contributed by atoms with van der Waals surface area (Å²) in [6.45, 7) is 0.